The van der Waals surface area contributed by atoms with Crippen molar-refractivity contribution in [1.29, 1.82) is 0 Å². The Balaban J connectivity index is 1.90. The molecule has 1 aliphatic heterocycles. The van der Waals surface area contributed by atoms with Gasteiger partial charge in [-0.2, -0.15) is 0 Å². The molecule has 0 aliphatic carbocycles. The Morgan fingerprint density at radius 3 is 2.03 bits per heavy atom. The van der Waals surface area contributed by atoms with Gasteiger partial charge in [0.25, 0.3) is 5.91 Å². The number of hydrogen-bond donors (Lipinski definition) is 1. The van der Waals surface area contributed by atoms with Crippen LogP contribution < -0.4 is 4.90 Å². The lowest BCUT2D eigenvalue weighted by Gasteiger charge is -2.27. The minimum absolute atomic E-state index is 0.0124. The summed E-state index contributed by atoms with van der Waals surface area (Å²) < 4.78 is 27.3. The third kappa shape index (κ3) is 4.16. The van der Waals surface area contributed by atoms with Crippen molar-refractivity contribution in [1.82, 2.24) is 0 Å². The van der Waals surface area contributed by atoms with Gasteiger partial charge in [-0.25, -0.2) is 8.42 Å². The van der Waals surface area contributed by atoms with Gasteiger partial charge < -0.3 is 5.11 Å². The van der Waals surface area contributed by atoms with E-state index in [-0.39, 0.29) is 9.80 Å². The van der Waals surface area contributed by atoms with Crippen LogP contribution in [0.15, 0.2) is 88.4 Å². The number of carbonyl (C=O) groups is 1. The van der Waals surface area contributed by atoms with Crippen LogP contribution in [0.4, 0.5) is 5.69 Å². The van der Waals surface area contributed by atoms with Gasteiger partial charge in [0.1, 0.15) is 10.9 Å². The Hall–Kier alpha value is -3.09. The summed E-state index contributed by atoms with van der Waals surface area (Å²) in [5, 5.41) is 11.3. The number of hydrogen-bond acceptors (Lipinski definition) is 4. The highest BCUT2D eigenvalue weighted by Gasteiger charge is 2.47. The van der Waals surface area contributed by atoms with Gasteiger partial charge in [0.2, 0.25) is 9.84 Å². The summed E-state index contributed by atoms with van der Waals surface area (Å²) >= 11 is 6.05. The van der Waals surface area contributed by atoms with Gasteiger partial charge in [0.15, 0.2) is 5.76 Å². The molecule has 1 aliphatic rings. The minimum Gasteiger partial charge on any atom is -0.502 e. The van der Waals surface area contributed by atoms with Gasteiger partial charge in [-0.3, -0.25) is 9.69 Å². The molecular weight excluding hydrogens is 458 g/mol. The van der Waals surface area contributed by atoms with Crippen LogP contribution in [0.1, 0.15) is 42.5 Å². The lowest BCUT2D eigenvalue weighted by molar-refractivity contribution is -0.117. The van der Waals surface area contributed by atoms with Crippen molar-refractivity contribution in [3.8, 4) is 0 Å². The molecule has 1 N–H and O–H groups in total. The first kappa shape index (κ1) is 23.1. The molecule has 7 heteroatoms. The van der Waals surface area contributed by atoms with Crippen LogP contribution in [0.3, 0.4) is 0 Å². The fourth-order valence-corrected chi connectivity index (χ4v) is 5.69. The number of aliphatic hydroxyl groups is 1. The summed E-state index contributed by atoms with van der Waals surface area (Å²) in [5.41, 5.74) is 2.99. The first-order chi connectivity index (χ1) is 15.6. The standard InChI is InChI=1S/C26H24ClNO4S/c1-16(2)18-8-12-21(13-9-18)28-23(19-6-10-20(27)11-7-19)25(24(29)26(28)30)33(31,32)22-14-4-17(3)5-15-22/h4-16,23,29H,1-3H3/t23-/m0/s1. The summed E-state index contributed by atoms with van der Waals surface area (Å²) in [6.07, 6.45) is 0. The van der Waals surface area contributed by atoms with Gasteiger partial charge in [0.05, 0.1) is 4.90 Å². The Labute approximate surface area is 198 Å². The van der Waals surface area contributed by atoms with Gasteiger partial charge >= 0.3 is 0 Å². The van der Waals surface area contributed by atoms with E-state index in [9.17, 15) is 18.3 Å². The molecule has 1 amide bonds. The van der Waals surface area contributed by atoms with Crippen LogP contribution >= 0.6 is 11.6 Å². The highest BCUT2D eigenvalue weighted by atomic mass is 35.5. The zero-order chi connectivity index (χ0) is 23.9. The van der Waals surface area contributed by atoms with E-state index in [4.69, 9.17) is 11.6 Å². The van der Waals surface area contributed by atoms with Crippen LogP contribution in [0, 0.1) is 6.92 Å². The third-order valence-corrected chi connectivity index (χ3v) is 7.95. The average Bonchev–Trinajstić information content (AvgIpc) is 3.06. The number of aliphatic hydroxyl groups excluding tert-OH is 1. The number of halogens is 1. The number of benzene rings is 3. The fraction of sp³-hybridized carbons (Fsp3) is 0.192. The molecule has 3 aromatic carbocycles. The second kappa shape index (κ2) is 8.69. The fourth-order valence-electron chi connectivity index (χ4n) is 3.93. The molecule has 170 valence electrons. The number of sulfone groups is 1. The Bertz CT molecular complexity index is 1330. The van der Waals surface area contributed by atoms with E-state index in [2.05, 4.69) is 13.8 Å². The Morgan fingerprint density at radius 2 is 1.48 bits per heavy atom. The summed E-state index contributed by atoms with van der Waals surface area (Å²) in [6.45, 7) is 5.98. The van der Waals surface area contributed by atoms with Crippen molar-refractivity contribution in [2.45, 2.75) is 37.6 Å². The number of nitrogens with zero attached hydrogens (tertiary/aromatic N) is 1. The quantitative estimate of drug-likeness (QED) is 0.477. The molecule has 0 unspecified atom stereocenters. The molecule has 33 heavy (non-hydrogen) atoms. The number of anilines is 1. The summed E-state index contributed by atoms with van der Waals surface area (Å²) in [7, 11) is -4.17. The molecule has 5 nitrogen and oxygen atoms in total. The molecule has 0 fully saturated rings. The van der Waals surface area contributed by atoms with Crippen molar-refractivity contribution in [3.05, 3.63) is 105 Å². The van der Waals surface area contributed by atoms with E-state index in [1.54, 1.807) is 48.5 Å². The normalized spacial score (nSPS) is 16.7. The number of amides is 1. The van der Waals surface area contributed by atoms with Gasteiger partial charge in [-0.05, 0) is 60.4 Å². The molecule has 1 atom stereocenters. The maximum atomic E-state index is 13.6. The smallest absolute Gasteiger partial charge is 0.295 e. The van der Waals surface area contributed by atoms with Crippen molar-refractivity contribution >= 4 is 33.0 Å². The van der Waals surface area contributed by atoms with E-state index in [0.717, 1.165) is 11.1 Å². The summed E-state index contributed by atoms with van der Waals surface area (Å²) in [4.78, 5) is 14.2. The minimum atomic E-state index is -4.17. The lowest BCUT2D eigenvalue weighted by Crippen LogP contribution is -2.31. The maximum absolute atomic E-state index is 13.6. The molecule has 0 saturated carbocycles. The molecule has 4 rings (SSSR count). The Kier molecular flexibility index (Phi) is 6.08. The van der Waals surface area contributed by atoms with E-state index < -0.39 is 27.5 Å². The molecule has 3 aromatic rings. The SMILES string of the molecule is Cc1ccc(S(=O)(=O)C2=C(O)C(=O)N(c3ccc(C(C)C)cc3)[C@H]2c2ccc(Cl)cc2)cc1. The van der Waals surface area contributed by atoms with E-state index in [0.29, 0.717) is 22.2 Å². The highest BCUT2D eigenvalue weighted by molar-refractivity contribution is 7.95. The number of aryl methyl sites for hydroxylation is 1. The van der Waals surface area contributed by atoms with Gasteiger partial charge in [-0.15, -0.1) is 0 Å². The topological polar surface area (TPSA) is 74.7 Å². The van der Waals surface area contributed by atoms with E-state index in [1.807, 2.05) is 19.1 Å². The van der Waals surface area contributed by atoms with Crippen molar-refractivity contribution in [2.24, 2.45) is 0 Å². The predicted molar refractivity (Wildman–Crippen MR) is 130 cm³/mol. The first-order valence-corrected chi connectivity index (χ1v) is 12.4. The number of rotatable bonds is 5. The molecule has 1 heterocycles. The highest BCUT2D eigenvalue weighted by Crippen LogP contribution is 2.45. The zero-order valence-electron chi connectivity index (χ0n) is 18.5. The molecule has 0 saturated heterocycles. The summed E-state index contributed by atoms with van der Waals surface area (Å²) in [5.74, 6) is -1.24. The second-order valence-corrected chi connectivity index (χ2v) is 10.8. The molecule has 0 radical (unpaired) electrons. The lowest BCUT2D eigenvalue weighted by atomic mass is 10.0. The van der Waals surface area contributed by atoms with Crippen molar-refractivity contribution in [2.75, 3.05) is 4.90 Å². The first-order valence-electron chi connectivity index (χ1n) is 10.5. The monoisotopic (exact) mass is 481 g/mol. The van der Waals surface area contributed by atoms with Crippen LogP contribution in [-0.2, 0) is 14.6 Å². The maximum Gasteiger partial charge on any atom is 0.295 e. The number of carbonyl (C=O) groups excluding carboxylic acids is 1. The van der Waals surface area contributed by atoms with Crippen molar-refractivity contribution < 1.29 is 18.3 Å². The largest absolute Gasteiger partial charge is 0.502 e. The second-order valence-electron chi connectivity index (χ2n) is 8.40. The van der Waals surface area contributed by atoms with Gasteiger partial charge in [0, 0.05) is 10.7 Å². The predicted octanol–water partition coefficient (Wildman–Crippen LogP) is 6.10. The zero-order valence-corrected chi connectivity index (χ0v) is 20.1. The molecule has 0 bridgehead atoms. The molecular formula is C26H24ClNO4S. The van der Waals surface area contributed by atoms with Crippen LogP contribution in [0.25, 0.3) is 0 Å². The molecule has 0 spiro atoms. The van der Waals surface area contributed by atoms with Gasteiger partial charge in [-0.1, -0.05) is 67.4 Å². The van der Waals surface area contributed by atoms with Crippen LogP contribution in [-0.4, -0.2) is 19.4 Å². The molecule has 0 aromatic heterocycles. The van der Waals surface area contributed by atoms with E-state index in [1.165, 1.54) is 17.0 Å². The van der Waals surface area contributed by atoms with Crippen molar-refractivity contribution in [3.63, 3.8) is 0 Å². The summed E-state index contributed by atoms with van der Waals surface area (Å²) in [6, 6.07) is 19.2. The third-order valence-electron chi connectivity index (χ3n) is 5.81. The van der Waals surface area contributed by atoms with Crippen LogP contribution in [0.5, 0.6) is 0 Å². The Morgan fingerprint density at radius 1 is 0.909 bits per heavy atom. The van der Waals surface area contributed by atoms with E-state index >= 15 is 0 Å². The van der Waals surface area contributed by atoms with Crippen LogP contribution in [0.2, 0.25) is 5.02 Å². The average molecular weight is 482 g/mol.